The lowest BCUT2D eigenvalue weighted by molar-refractivity contribution is 0.0909. The molecule has 1 saturated heterocycles. The zero-order valence-electron chi connectivity index (χ0n) is 18.1. The Bertz CT molecular complexity index is 992. The van der Waals surface area contributed by atoms with Crippen LogP contribution in [0.1, 0.15) is 40.2 Å². The Kier molecular flexibility index (Phi) is 6.57. The molecular weight excluding hydrogens is 386 g/mol. The molecule has 0 atom stereocenters. The van der Waals surface area contributed by atoms with E-state index in [9.17, 15) is 4.79 Å². The van der Waals surface area contributed by atoms with Crippen molar-refractivity contribution in [2.45, 2.75) is 39.3 Å². The lowest BCUT2D eigenvalue weighted by atomic mass is 10.0. The molecule has 0 aliphatic carbocycles. The van der Waals surface area contributed by atoms with E-state index in [-0.39, 0.29) is 11.9 Å². The van der Waals surface area contributed by atoms with Gasteiger partial charge in [-0.05, 0) is 62.6 Å². The monoisotopic (exact) mass is 415 g/mol. The minimum atomic E-state index is -0.0179. The summed E-state index contributed by atoms with van der Waals surface area (Å²) in [5.41, 5.74) is 4.70. The Labute approximate surface area is 183 Å². The maximum Gasteiger partial charge on any atom is 0.251 e. The van der Waals surface area contributed by atoms with Crippen LogP contribution in [-0.2, 0) is 6.54 Å². The van der Waals surface area contributed by atoms with Crippen LogP contribution in [0.2, 0.25) is 0 Å². The second kappa shape index (κ2) is 9.71. The van der Waals surface area contributed by atoms with E-state index < -0.39 is 0 Å². The number of rotatable bonds is 6. The fourth-order valence-electron chi connectivity index (χ4n) is 3.96. The van der Waals surface area contributed by atoms with Crippen LogP contribution in [0, 0.1) is 13.8 Å². The molecule has 0 unspecified atom stereocenters. The minimum Gasteiger partial charge on any atom is -0.349 e. The van der Waals surface area contributed by atoms with Gasteiger partial charge < -0.3 is 10.6 Å². The van der Waals surface area contributed by atoms with E-state index in [4.69, 9.17) is 0 Å². The van der Waals surface area contributed by atoms with E-state index in [1.54, 1.807) is 0 Å². The number of hydrogen-bond acceptors (Lipinski definition) is 5. The highest BCUT2D eigenvalue weighted by Gasteiger charge is 2.21. The summed E-state index contributed by atoms with van der Waals surface area (Å²) in [4.78, 5) is 23.9. The molecule has 2 aromatic carbocycles. The predicted molar refractivity (Wildman–Crippen MR) is 123 cm³/mol. The molecule has 4 rings (SSSR count). The zero-order chi connectivity index (χ0) is 21.6. The standard InChI is InChI=1S/C25H29N5O/c1-18-16-19(2)27-25(26-18)29-22-10-8-21(9-11-22)24(31)28-23-12-14-30(15-13-23)17-20-6-4-3-5-7-20/h3-11,16,23H,12-15,17H2,1-2H3,(H,28,31)(H,26,27,29). The lowest BCUT2D eigenvalue weighted by Crippen LogP contribution is -2.44. The van der Waals surface area contributed by atoms with Gasteiger partial charge in [0.05, 0.1) is 0 Å². The summed E-state index contributed by atoms with van der Waals surface area (Å²) in [6.07, 6.45) is 1.95. The van der Waals surface area contributed by atoms with Gasteiger partial charge in [0.25, 0.3) is 5.91 Å². The first-order valence-electron chi connectivity index (χ1n) is 10.8. The molecule has 2 N–H and O–H groups in total. The van der Waals surface area contributed by atoms with Gasteiger partial charge in [-0.3, -0.25) is 9.69 Å². The Morgan fingerprint density at radius 1 is 0.968 bits per heavy atom. The van der Waals surface area contributed by atoms with Crippen molar-refractivity contribution in [3.63, 3.8) is 0 Å². The predicted octanol–water partition coefficient (Wildman–Crippen LogP) is 4.23. The Balaban J connectivity index is 1.27. The maximum atomic E-state index is 12.7. The number of aryl methyl sites for hydroxylation is 2. The maximum absolute atomic E-state index is 12.7. The summed E-state index contributed by atoms with van der Waals surface area (Å²) in [5, 5.41) is 6.39. The number of anilines is 2. The van der Waals surface area contributed by atoms with Crippen LogP contribution < -0.4 is 10.6 Å². The summed E-state index contributed by atoms with van der Waals surface area (Å²) in [7, 11) is 0. The Hall–Kier alpha value is -3.25. The van der Waals surface area contributed by atoms with Gasteiger partial charge in [-0.1, -0.05) is 30.3 Å². The number of benzene rings is 2. The van der Waals surface area contributed by atoms with Crippen LogP contribution in [0.3, 0.4) is 0 Å². The van der Waals surface area contributed by atoms with Crippen LogP contribution in [-0.4, -0.2) is 39.9 Å². The van der Waals surface area contributed by atoms with E-state index >= 15 is 0 Å². The summed E-state index contributed by atoms with van der Waals surface area (Å²) in [6, 6.07) is 20.1. The fourth-order valence-corrected chi connectivity index (χ4v) is 3.96. The number of piperidine rings is 1. The quantitative estimate of drug-likeness (QED) is 0.630. The van der Waals surface area contributed by atoms with Crippen LogP contribution in [0.5, 0.6) is 0 Å². The van der Waals surface area contributed by atoms with Gasteiger partial charge in [-0.25, -0.2) is 9.97 Å². The molecule has 3 aromatic rings. The first-order chi connectivity index (χ1) is 15.0. The van der Waals surface area contributed by atoms with Gasteiger partial charge in [0.1, 0.15) is 0 Å². The number of carbonyl (C=O) groups excluding carboxylic acids is 1. The van der Waals surface area contributed by atoms with Crippen LogP contribution in [0.25, 0.3) is 0 Å². The summed E-state index contributed by atoms with van der Waals surface area (Å²) >= 11 is 0. The van der Waals surface area contributed by atoms with E-state index in [2.05, 4.69) is 49.8 Å². The van der Waals surface area contributed by atoms with E-state index in [1.165, 1.54) is 5.56 Å². The number of amides is 1. The number of likely N-dealkylation sites (tertiary alicyclic amines) is 1. The molecule has 6 nitrogen and oxygen atoms in total. The molecule has 1 aromatic heterocycles. The number of nitrogens with one attached hydrogen (secondary N) is 2. The Morgan fingerprint density at radius 3 is 2.26 bits per heavy atom. The molecule has 1 aliphatic heterocycles. The highest BCUT2D eigenvalue weighted by atomic mass is 16.1. The summed E-state index contributed by atoms with van der Waals surface area (Å²) in [5.74, 6) is 0.549. The van der Waals surface area contributed by atoms with Gasteiger partial charge in [0.15, 0.2) is 0 Å². The van der Waals surface area contributed by atoms with Crippen molar-refractivity contribution >= 4 is 17.5 Å². The number of carbonyl (C=O) groups is 1. The molecule has 0 saturated carbocycles. The van der Waals surface area contributed by atoms with Crippen LogP contribution >= 0.6 is 0 Å². The molecule has 1 aliphatic rings. The van der Waals surface area contributed by atoms with Crippen molar-refractivity contribution in [1.82, 2.24) is 20.2 Å². The molecule has 6 heteroatoms. The largest absolute Gasteiger partial charge is 0.349 e. The third kappa shape index (κ3) is 5.89. The number of aromatic nitrogens is 2. The lowest BCUT2D eigenvalue weighted by Gasteiger charge is -2.32. The third-order valence-electron chi connectivity index (χ3n) is 5.56. The highest BCUT2D eigenvalue weighted by molar-refractivity contribution is 5.94. The second-order valence-electron chi connectivity index (χ2n) is 8.19. The Morgan fingerprint density at radius 2 is 1.61 bits per heavy atom. The zero-order valence-corrected chi connectivity index (χ0v) is 18.1. The summed E-state index contributed by atoms with van der Waals surface area (Å²) < 4.78 is 0. The molecule has 0 spiro atoms. The molecule has 2 heterocycles. The topological polar surface area (TPSA) is 70.2 Å². The minimum absolute atomic E-state index is 0.0179. The highest BCUT2D eigenvalue weighted by Crippen LogP contribution is 2.17. The van der Waals surface area contributed by atoms with Crippen molar-refractivity contribution in [3.8, 4) is 0 Å². The van der Waals surface area contributed by atoms with Gasteiger partial charge in [-0.15, -0.1) is 0 Å². The SMILES string of the molecule is Cc1cc(C)nc(Nc2ccc(C(=O)NC3CCN(Cc4ccccc4)CC3)cc2)n1. The van der Waals surface area contributed by atoms with Crippen molar-refractivity contribution in [2.24, 2.45) is 0 Å². The number of hydrogen-bond donors (Lipinski definition) is 2. The second-order valence-corrected chi connectivity index (χ2v) is 8.19. The van der Waals surface area contributed by atoms with Crippen molar-refractivity contribution in [1.29, 1.82) is 0 Å². The van der Waals surface area contributed by atoms with E-state index in [0.29, 0.717) is 11.5 Å². The van der Waals surface area contributed by atoms with E-state index in [0.717, 1.165) is 49.6 Å². The summed E-state index contributed by atoms with van der Waals surface area (Å²) in [6.45, 7) is 6.86. The van der Waals surface area contributed by atoms with Crippen LogP contribution in [0.15, 0.2) is 60.7 Å². The third-order valence-corrected chi connectivity index (χ3v) is 5.56. The van der Waals surface area contributed by atoms with Gasteiger partial charge in [0.2, 0.25) is 5.95 Å². The van der Waals surface area contributed by atoms with Gasteiger partial charge >= 0.3 is 0 Å². The molecule has 0 bridgehead atoms. The first-order valence-corrected chi connectivity index (χ1v) is 10.8. The van der Waals surface area contributed by atoms with Gasteiger partial charge in [0, 0.05) is 48.3 Å². The molecule has 31 heavy (non-hydrogen) atoms. The van der Waals surface area contributed by atoms with Gasteiger partial charge in [-0.2, -0.15) is 0 Å². The fraction of sp³-hybridized carbons (Fsp3) is 0.320. The van der Waals surface area contributed by atoms with Crippen molar-refractivity contribution < 1.29 is 4.79 Å². The number of nitrogens with zero attached hydrogens (tertiary/aromatic N) is 3. The molecule has 1 fully saturated rings. The average molecular weight is 416 g/mol. The normalized spacial score (nSPS) is 14.9. The smallest absolute Gasteiger partial charge is 0.251 e. The average Bonchev–Trinajstić information content (AvgIpc) is 2.76. The van der Waals surface area contributed by atoms with Crippen molar-refractivity contribution in [3.05, 3.63) is 83.2 Å². The molecule has 0 radical (unpaired) electrons. The molecular formula is C25H29N5O. The first kappa shape index (κ1) is 21.0. The van der Waals surface area contributed by atoms with E-state index in [1.807, 2.05) is 50.2 Å². The molecule has 1 amide bonds. The van der Waals surface area contributed by atoms with Crippen molar-refractivity contribution in [2.75, 3.05) is 18.4 Å². The molecule has 160 valence electrons. The van der Waals surface area contributed by atoms with Crippen LogP contribution in [0.4, 0.5) is 11.6 Å².